The Morgan fingerprint density at radius 3 is 2.79 bits per heavy atom. The SMILES string of the molecule is C=CCC(C)NCc1nc(C)c(C)o1. The van der Waals surface area contributed by atoms with Gasteiger partial charge in [0.15, 0.2) is 0 Å². The van der Waals surface area contributed by atoms with Crippen LogP contribution in [0.25, 0.3) is 0 Å². The minimum atomic E-state index is 0.417. The van der Waals surface area contributed by atoms with Gasteiger partial charge in [-0.2, -0.15) is 0 Å². The van der Waals surface area contributed by atoms with Crippen LogP contribution >= 0.6 is 0 Å². The van der Waals surface area contributed by atoms with Crippen molar-refractivity contribution in [3.63, 3.8) is 0 Å². The van der Waals surface area contributed by atoms with E-state index in [9.17, 15) is 0 Å². The highest BCUT2D eigenvalue weighted by atomic mass is 16.4. The first-order valence-corrected chi connectivity index (χ1v) is 4.90. The van der Waals surface area contributed by atoms with Crippen LogP contribution in [0, 0.1) is 13.8 Å². The van der Waals surface area contributed by atoms with Crippen LogP contribution in [0.15, 0.2) is 17.1 Å². The lowest BCUT2D eigenvalue weighted by atomic mass is 10.2. The summed E-state index contributed by atoms with van der Waals surface area (Å²) in [6, 6.07) is 0.417. The molecule has 14 heavy (non-hydrogen) atoms. The average Bonchev–Trinajstić information content (AvgIpc) is 2.44. The zero-order chi connectivity index (χ0) is 10.6. The highest BCUT2D eigenvalue weighted by Gasteiger charge is 2.06. The lowest BCUT2D eigenvalue weighted by molar-refractivity contribution is 0.429. The molecule has 0 aliphatic rings. The molecule has 1 N–H and O–H groups in total. The van der Waals surface area contributed by atoms with E-state index in [1.807, 2.05) is 19.9 Å². The van der Waals surface area contributed by atoms with Gasteiger partial charge in [0, 0.05) is 6.04 Å². The number of oxazole rings is 1. The quantitative estimate of drug-likeness (QED) is 0.731. The van der Waals surface area contributed by atoms with Gasteiger partial charge in [-0.15, -0.1) is 6.58 Å². The maximum Gasteiger partial charge on any atom is 0.208 e. The summed E-state index contributed by atoms with van der Waals surface area (Å²) < 4.78 is 5.44. The Balaban J connectivity index is 2.41. The molecule has 1 atom stereocenters. The average molecular weight is 194 g/mol. The van der Waals surface area contributed by atoms with Crippen molar-refractivity contribution >= 4 is 0 Å². The van der Waals surface area contributed by atoms with Crippen molar-refractivity contribution in [1.82, 2.24) is 10.3 Å². The fourth-order valence-corrected chi connectivity index (χ4v) is 1.21. The predicted molar refractivity (Wildman–Crippen MR) is 57.1 cm³/mol. The molecule has 1 rings (SSSR count). The predicted octanol–water partition coefficient (Wildman–Crippen LogP) is 2.35. The molecule has 0 aromatic carbocycles. The van der Waals surface area contributed by atoms with Crippen molar-refractivity contribution in [3.05, 3.63) is 30.0 Å². The van der Waals surface area contributed by atoms with Gasteiger partial charge in [-0.3, -0.25) is 0 Å². The lowest BCUT2D eigenvalue weighted by Gasteiger charge is -2.08. The highest BCUT2D eigenvalue weighted by molar-refractivity contribution is 5.05. The van der Waals surface area contributed by atoms with E-state index in [-0.39, 0.29) is 0 Å². The van der Waals surface area contributed by atoms with Gasteiger partial charge >= 0.3 is 0 Å². The monoisotopic (exact) mass is 194 g/mol. The fourth-order valence-electron chi connectivity index (χ4n) is 1.21. The van der Waals surface area contributed by atoms with E-state index in [2.05, 4.69) is 23.8 Å². The third-order valence-electron chi connectivity index (χ3n) is 2.19. The van der Waals surface area contributed by atoms with Gasteiger partial charge in [-0.05, 0) is 27.2 Å². The lowest BCUT2D eigenvalue weighted by Crippen LogP contribution is -2.24. The number of aromatic nitrogens is 1. The van der Waals surface area contributed by atoms with Crippen LogP contribution in [0.4, 0.5) is 0 Å². The molecule has 0 spiro atoms. The third kappa shape index (κ3) is 3.00. The summed E-state index contributed by atoms with van der Waals surface area (Å²) in [7, 11) is 0. The second kappa shape index (κ2) is 4.96. The Kier molecular flexibility index (Phi) is 3.89. The van der Waals surface area contributed by atoms with Gasteiger partial charge in [0.05, 0.1) is 12.2 Å². The maximum atomic E-state index is 5.44. The zero-order valence-electron chi connectivity index (χ0n) is 9.13. The normalized spacial score (nSPS) is 12.8. The van der Waals surface area contributed by atoms with Crippen LogP contribution in [0.1, 0.15) is 30.7 Å². The maximum absolute atomic E-state index is 5.44. The molecule has 0 bridgehead atoms. The smallest absolute Gasteiger partial charge is 0.208 e. The summed E-state index contributed by atoms with van der Waals surface area (Å²) in [4.78, 5) is 4.29. The van der Waals surface area contributed by atoms with Gasteiger partial charge in [-0.25, -0.2) is 4.98 Å². The topological polar surface area (TPSA) is 38.1 Å². The van der Waals surface area contributed by atoms with Crippen LogP contribution in [-0.4, -0.2) is 11.0 Å². The molecule has 3 heteroatoms. The largest absolute Gasteiger partial charge is 0.444 e. The van der Waals surface area contributed by atoms with Crippen molar-refractivity contribution in [1.29, 1.82) is 0 Å². The molecule has 0 fully saturated rings. The molecule has 78 valence electrons. The second-order valence-electron chi connectivity index (χ2n) is 3.56. The van der Waals surface area contributed by atoms with Crippen molar-refractivity contribution in [3.8, 4) is 0 Å². The van der Waals surface area contributed by atoms with Crippen LogP contribution in [0.3, 0.4) is 0 Å². The molecule has 3 nitrogen and oxygen atoms in total. The molecule has 0 aliphatic carbocycles. The summed E-state index contributed by atoms with van der Waals surface area (Å²) in [6.07, 6.45) is 2.86. The van der Waals surface area contributed by atoms with E-state index in [4.69, 9.17) is 4.42 Å². The molecule has 1 heterocycles. The van der Waals surface area contributed by atoms with Crippen LogP contribution < -0.4 is 5.32 Å². The van der Waals surface area contributed by atoms with E-state index in [0.29, 0.717) is 12.6 Å². The number of hydrogen-bond donors (Lipinski definition) is 1. The number of nitrogens with zero attached hydrogens (tertiary/aromatic N) is 1. The molecular weight excluding hydrogens is 176 g/mol. The third-order valence-corrected chi connectivity index (χ3v) is 2.19. The van der Waals surface area contributed by atoms with Gasteiger partial charge in [-0.1, -0.05) is 6.08 Å². The summed E-state index contributed by atoms with van der Waals surface area (Å²) in [5.41, 5.74) is 0.971. The molecule has 0 saturated carbocycles. The second-order valence-corrected chi connectivity index (χ2v) is 3.56. The Hall–Kier alpha value is -1.09. The Bertz CT molecular complexity index is 285. The number of rotatable bonds is 5. The van der Waals surface area contributed by atoms with E-state index in [1.54, 1.807) is 0 Å². The van der Waals surface area contributed by atoms with Gasteiger partial charge in [0.1, 0.15) is 5.76 Å². The van der Waals surface area contributed by atoms with E-state index >= 15 is 0 Å². The molecule has 0 aliphatic heterocycles. The van der Waals surface area contributed by atoms with Gasteiger partial charge in [0.25, 0.3) is 0 Å². The van der Waals surface area contributed by atoms with Crippen LogP contribution in [-0.2, 0) is 6.54 Å². The van der Waals surface area contributed by atoms with Gasteiger partial charge in [0.2, 0.25) is 5.89 Å². The summed E-state index contributed by atoms with van der Waals surface area (Å²) >= 11 is 0. The van der Waals surface area contributed by atoms with E-state index in [1.165, 1.54) is 0 Å². The first-order chi connectivity index (χ1) is 6.63. The number of aryl methyl sites for hydroxylation is 2. The Labute approximate surface area is 85.2 Å². The minimum absolute atomic E-state index is 0.417. The van der Waals surface area contributed by atoms with Crippen LogP contribution in [0.5, 0.6) is 0 Å². The number of nitrogens with one attached hydrogen (secondary N) is 1. The fraction of sp³-hybridized carbons (Fsp3) is 0.545. The molecule has 1 aromatic heterocycles. The van der Waals surface area contributed by atoms with E-state index in [0.717, 1.165) is 23.8 Å². The molecule has 0 radical (unpaired) electrons. The summed E-state index contributed by atoms with van der Waals surface area (Å²) in [5.74, 6) is 1.66. The summed E-state index contributed by atoms with van der Waals surface area (Å²) in [6.45, 7) is 10.4. The molecule has 1 aromatic rings. The van der Waals surface area contributed by atoms with E-state index < -0.39 is 0 Å². The Morgan fingerprint density at radius 1 is 1.57 bits per heavy atom. The first-order valence-electron chi connectivity index (χ1n) is 4.90. The molecular formula is C11H18N2O. The van der Waals surface area contributed by atoms with Crippen molar-refractivity contribution in [2.45, 2.75) is 39.8 Å². The minimum Gasteiger partial charge on any atom is -0.444 e. The highest BCUT2D eigenvalue weighted by Crippen LogP contribution is 2.08. The van der Waals surface area contributed by atoms with Crippen LogP contribution in [0.2, 0.25) is 0 Å². The van der Waals surface area contributed by atoms with Crippen molar-refractivity contribution < 1.29 is 4.42 Å². The summed E-state index contributed by atoms with van der Waals surface area (Å²) in [5, 5.41) is 3.31. The first kappa shape index (κ1) is 11.0. The van der Waals surface area contributed by atoms with Crippen molar-refractivity contribution in [2.24, 2.45) is 0 Å². The van der Waals surface area contributed by atoms with Crippen molar-refractivity contribution in [2.75, 3.05) is 0 Å². The van der Waals surface area contributed by atoms with Gasteiger partial charge < -0.3 is 9.73 Å². The molecule has 0 amide bonds. The zero-order valence-corrected chi connectivity index (χ0v) is 9.13. The molecule has 1 unspecified atom stereocenters. The molecule has 0 saturated heterocycles. The Morgan fingerprint density at radius 2 is 2.29 bits per heavy atom. The standard InChI is InChI=1S/C11H18N2O/c1-5-6-8(2)12-7-11-13-9(3)10(4)14-11/h5,8,12H,1,6-7H2,2-4H3. The number of hydrogen-bond acceptors (Lipinski definition) is 3.